The number of hydrogen-bond acceptors (Lipinski definition) is 5. The van der Waals surface area contributed by atoms with Crippen molar-refractivity contribution in [3.05, 3.63) is 34.4 Å². The molecule has 2 aromatic heterocycles. The van der Waals surface area contributed by atoms with Crippen LogP contribution in [-0.2, 0) is 4.74 Å². The quantitative estimate of drug-likeness (QED) is 0.861. The number of rotatable bonds is 4. The molecule has 0 amide bonds. The summed E-state index contributed by atoms with van der Waals surface area (Å²) in [6, 6.07) is 4.06. The van der Waals surface area contributed by atoms with Crippen LogP contribution in [-0.4, -0.2) is 22.1 Å². The number of nitrogens with zero attached hydrogens (tertiary/aromatic N) is 2. The Kier molecular flexibility index (Phi) is 3.66. The van der Waals surface area contributed by atoms with Crippen molar-refractivity contribution >= 4 is 23.1 Å². The van der Waals surface area contributed by atoms with E-state index in [1.165, 1.54) is 0 Å². The summed E-state index contributed by atoms with van der Waals surface area (Å²) < 4.78 is 6.68. The maximum Gasteiger partial charge on any atom is 0.360 e. The van der Waals surface area contributed by atoms with Crippen molar-refractivity contribution in [1.82, 2.24) is 9.55 Å². The smallest absolute Gasteiger partial charge is 0.360 e. The Morgan fingerprint density at radius 3 is 3.06 bits per heavy atom. The molecule has 5 nitrogen and oxygen atoms in total. The third-order valence-electron chi connectivity index (χ3n) is 2.67. The highest BCUT2D eigenvalue weighted by Crippen LogP contribution is 2.26. The highest BCUT2D eigenvalue weighted by Gasteiger charge is 2.20. The van der Waals surface area contributed by atoms with Crippen LogP contribution >= 0.6 is 11.3 Å². The first kappa shape index (κ1) is 12.6. The van der Waals surface area contributed by atoms with Crippen LogP contribution in [0.3, 0.4) is 0 Å². The minimum Gasteiger partial charge on any atom is -0.461 e. The normalized spacial score (nSPS) is 12.3. The Bertz CT molecular complexity index is 534. The fourth-order valence-corrected chi connectivity index (χ4v) is 2.48. The molecule has 18 heavy (non-hydrogen) atoms. The molecule has 6 heteroatoms. The summed E-state index contributed by atoms with van der Waals surface area (Å²) in [6.45, 7) is 4.07. The van der Waals surface area contributed by atoms with E-state index in [1.54, 1.807) is 29.2 Å². The summed E-state index contributed by atoms with van der Waals surface area (Å²) in [5.41, 5.74) is 6.13. The van der Waals surface area contributed by atoms with E-state index in [0.29, 0.717) is 12.4 Å². The van der Waals surface area contributed by atoms with Gasteiger partial charge in [0.25, 0.3) is 0 Å². The molecule has 0 spiro atoms. The van der Waals surface area contributed by atoms with E-state index in [2.05, 4.69) is 4.98 Å². The topological polar surface area (TPSA) is 70.1 Å². The number of carbonyl (C=O) groups excluding carboxylic acids is 1. The first-order valence-corrected chi connectivity index (χ1v) is 6.56. The first-order chi connectivity index (χ1) is 8.65. The lowest BCUT2D eigenvalue weighted by atomic mass is 10.2. The Morgan fingerprint density at radius 1 is 1.67 bits per heavy atom. The van der Waals surface area contributed by atoms with Gasteiger partial charge in [-0.2, -0.15) is 0 Å². The minimum absolute atomic E-state index is 0.0562. The second-order valence-electron chi connectivity index (χ2n) is 3.80. The van der Waals surface area contributed by atoms with E-state index in [4.69, 9.17) is 10.5 Å². The maximum atomic E-state index is 11.6. The van der Waals surface area contributed by atoms with Crippen LogP contribution in [0.4, 0.5) is 5.82 Å². The largest absolute Gasteiger partial charge is 0.461 e. The van der Waals surface area contributed by atoms with Crippen LogP contribution in [0.15, 0.2) is 23.8 Å². The second-order valence-corrected chi connectivity index (χ2v) is 4.78. The SMILES string of the molecule is CCOC(=O)c1ncn(C(C)c2cccs2)c1N. The molecule has 2 aromatic rings. The maximum absolute atomic E-state index is 11.6. The number of carbonyl (C=O) groups is 1. The molecule has 0 aliphatic heterocycles. The van der Waals surface area contributed by atoms with Gasteiger partial charge in [-0.1, -0.05) is 6.07 Å². The number of thiophene rings is 1. The minimum atomic E-state index is -0.480. The van der Waals surface area contributed by atoms with E-state index in [1.807, 2.05) is 24.4 Å². The fraction of sp³-hybridized carbons (Fsp3) is 0.333. The molecule has 1 atom stereocenters. The van der Waals surface area contributed by atoms with Crippen LogP contribution in [0.5, 0.6) is 0 Å². The zero-order valence-electron chi connectivity index (χ0n) is 10.3. The number of esters is 1. The highest BCUT2D eigenvalue weighted by atomic mass is 32.1. The number of imidazole rings is 1. The van der Waals surface area contributed by atoms with Gasteiger partial charge in [-0.25, -0.2) is 9.78 Å². The molecular formula is C12H15N3O2S. The van der Waals surface area contributed by atoms with Crippen molar-refractivity contribution < 1.29 is 9.53 Å². The molecule has 0 aliphatic carbocycles. The molecule has 2 heterocycles. The predicted molar refractivity (Wildman–Crippen MR) is 70.7 cm³/mol. The number of hydrogen-bond donors (Lipinski definition) is 1. The average molecular weight is 265 g/mol. The molecule has 0 aromatic carbocycles. The molecule has 2 N–H and O–H groups in total. The molecule has 1 unspecified atom stereocenters. The summed E-state index contributed by atoms with van der Waals surface area (Å²) in [4.78, 5) is 16.8. The van der Waals surface area contributed by atoms with E-state index < -0.39 is 5.97 Å². The number of nitrogen functional groups attached to an aromatic ring is 1. The van der Waals surface area contributed by atoms with Gasteiger partial charge < -0.3 is 15.0 Å². The molecular weight excluding hydrogens is 250 g/mol. The van der Waals surface area contributed by atoms with Crippen LogP contribution in [0, 0.1) is 0 Å². The zero-order valence-corrected chi connectivity index (χ0v) is 11.1. The van der Waals surface area contributed by atoms with Crippen molar-refractivity contribution in [3.63, 3.8) is 0 Å². The first-order valence-electron chi connectivity index (χ1n) is 5.68. The number of aromatic nitrogens is 2. The molecule has 0 fully saturated rings. The van der Waals surface area contributed by atoms with Crippen LogP contribution in [0.2, 0.25) is 0 Å². The lowest BCUT2D eigenvalue weighted by Gasteiger charge is -2.13. The lowest BCUT2D eigenvalue weighted by Crippen LogP contribution is -2.12. The molecule has 0 saturated carbocycles. The predicted octanol–water partition coefficient (Wildman–Crippen LogP) is 2.31. The summed E-state index contributed by atoms with van der Waals surface area (Å²) >= 11 is 1.64. The van der Waals surface area contributed by atoms with Gasteiger partial charge >= 0.3 is 5.97 Å². The van der Waals surface area contributed by atoms with E-state index >= 15 is 0 Å². The molecule has 0 radical (unpaired) electrons. The molecule has 0 bridgehead atoms. The van der Waals surface area contributed by atoms with Gasteiger partial charge in [-0.05, 0) is 25.3 Å². The number of nitrogens with two attached hydrogens (primary N) is 1. The van der Waals surface area contributed by atoms with Crippen molar-refractivity contribution in [2.45, 2.75) is 19.9 Å². The van der Waals surface area contributed by atoms with Crippen molar-refractivity contribution in [1.29, 1.82) is 0 Å². The monoisotopic (exact) mass is 265 g/mol. The number of anilines is 1. The van der Waals surface area contributed by atoms with Gasteiger partial charge in [0.05, 0.1) is 19.0 Å². The highest BCUT2D eigenvalue weighted by molar-refractivity contribution is 7.10. The molecule has 0 saturated heterocycles. The van der Waals surface area contributed by atoms with Gasteiger partial charge in [0.15, 0.2) is 5.69 Å². The third-order valence-corrected chi connectivity index (χ3v) is 3.72. The lowest BCUT2D eigenvalue weighted by molar-refractivity contribution is 0.0521. The Morgan fingerprint density at radius 2 is 2.44 bits per heavy atom. The van der Waals surface area contributed by atoms with Gasteiger partial charge in [-0.15, -0.1) is 11.3 Å². The average Bonchev–Trinajstić information content (AvgIpc) is 2.97. The van der Waals surface area contributed by atoms with Crippen molar-refractivity contribution in [2.75, 3.05) is 12.3 Å². The van der Waals surface area contributed by atoms with Crippen molar-refractivity contribution in [2.24, 2.45) is 0 Å². The van der Waals surface area contributed by atoms with Crippen molar-refractivity contribution in [3.8, 4) is 0 Å². The summed E-state index contributed by atoms with van der Waals surface area (Å²) in [5.74, 6) is -0.138. The van der Waals surface area contributed by atoms with Gasteiger partial charge in [-0.3, -0.25) is 0 Å². The molecule has 96 valence electrons. The van der Waals surface area contributed by atoms with Gasteiger partial charge in [0.2, 0.25) is 0 Å². The summed E-state index contributed by atoms with van der Waals surface area (Å²) in [5, 5.41) is 2.01. The Balaban J connectivity index is 2.28. The standard InChI is InChI=1S/C12H15N3O2S/c1-3-17-12(16)10-11(13)15(7-14-10)8(2)9-5-4-6-18-9/h4-8H,3,13H2,1-2H3. The summed E-state index contributed by atoms with van der Waals surface area (Å²) in [6.07, 6.45) is 1.58. The Hall–Kier alpha value is -1.82. The van der Waals surface area contributed by atoms with Gasteiger partial charge in [0, 0.05) is 4.88 Å². The van der Waals surface area contributed by atoms with Gasteiger partial charge in [0.1, 0.15) is 5.82 Å². The van der Waals surface area contributed by atoms with E-state index in [9.17, 15) is 4.79 Å². The molecule has 0 aliphatic rings. The van der Waals surface area contributed by atoms with Crippen LogP contribution in [0.25, 0.3) is 0 Å². The van der Waals surface area contributed by atoms with E-state index in [0.717, 1.165) is 4.88 Å². The second kappa shape index (κ2) is 5.22. The molecule has 2 rings (SSSR count). The van der Waals surface area contributed by atoms with Crippen LogP contribution in [0.1, 0.15) is 35.3 Å². The fourth-order valence-electron chi connectivity index (χ4n) is 1.70. The van der Waals surface area contributed by atoms with E-state index in [-0.39, 0.29) is 11.7 Å². The Labute approximate surface area is 109 Å². The van der Waals surface area contributed by atoms with Crippen LogP contribution < -0.4 is 5.73 Å². The zero-order chi connectivity index (χ0) is 13.1. The third kappa shape index (κ3) is 2.24. The summed E-state index contributed by atoms with van der Waals surface area (Å²) in [7, 11) is 0. The number of ether oxygens (including phenoxy) is 1.